The normalized spacial score (nSPS) is 17.7. The number of anilines is 1. The number of hydrogen-bond acceptors (Lipinski definition) is 6. The van der Waals surface area contributed by atoms with Gasteiger partial charge in [-0.25, -0.2) is 4.39 Å². The van der Waals surface area contributed by atoms with E-state index in [1.165, 1.54) is 42.6 Å². The molecule has 154 valence electrons. The third-order valence-corrected chi connectivity index (χ3v) is 4.83. The van der Waals surface area contributed by atoms with E-state index in [1.807, 2.05) is 0 Å². The average Bonchev–Trinajstić information content (AvgIpc) is 3.04. The molecule has 2 heterocycles. The number of ketones is 1. The monoisotopic (exact) mass is 419 g/mol. The van der Waals surface area contributed by atoms with E-state index in [-0.39, 0.29) is 28.2 Å². The molecule has 1 saturated heterocycles. The Morgan fingerprint density at radius 2 is 1.84 bits per heavy atom. The number of carbonyl (C=O) groups excluding carboxylic acids is 2. The fourth-order valence-electron chi connectivity index (χ4n) is 3.46. The lowest BCUT2D eigenvalue weighted by Crippen LogP contribution is -2.29. The van der Waals surface area contributed by atoms with E-state index in [0.29, 0.717) is 0 Å². The quantitative estimate of drug-likeness (QED) is 0.226. The SMILES string of the molecule is O=C1C(=O)N(c2cccc(F)c2)C(c2ccccn2)/C1=C(/O)c1cccc([N+](=O)[O-])c1. The molecule has 0 aliphatic carbocycles. The molecule has 31 heavy (non-hydrogen) atoms. The van der Waals surface area contributed by atoms with Crippen LogP contribution in [-0.2, 0) is 9.59 Å². The summed E-state index contributed by atoms with van der Waals surface area (Å²) in [5.41, 5.74) is -0.229. The van der Waals surface area contributed by atoms with Gasteiger partial charge in [0.1, 0.15) is 17.6 Å². The summed E-state index contributed by atoms with van der Waals surface area (Å²) in [6, 6.07) is 13.9. The van der Waals surface area contributed by atoms with E-state index in [9.17, 15) is 29.2 Å². The maximum Gasteiger partial charge on any atom is 0.300 e. The van der Waals surface area contributed by atoms with Crippen LogP contribution in [0.25, 0.3) is 5.76 Å². The summed E-state index contributed by atoms with van der Waals surface area (Å²) in [7, 11) is 0. The Labute approximate surface area is 175 Å². The minimum absolute atomic E-state index is 0.00706. The van der Waals surface area contributed by atoms with Gasteiger partial charge < -0.3 is 5.11 Å². The second-order valence-electron chi connectivity index (χ2n) is 6.71. The molecule has 0 saturated carbocycles. The number of Topliss-reactive ketones (excluding diaryl/α,β-unsaturated/α-hetero) is 1. The van der Waals surface area contributed by atoms with E-state index in [4.69, 9.17) is 0 Å². The van der Waals surface area contributed by atoms with Gasteiger partial charge in [0.15, 0.2) is 0 Å². The van der Waals surface area contributed by atoms with Crippen LogP contribution < -0.4 is 4.90 Å². The average molecular weight is 419 g/mol. The summed E-state index contributed by atoms with van der Waals surface area (Å²) in [5.74, 6) is -3.19. The summed E-state index contributed by atoms with van der Waals surface area (Å²) in [5, 5.41) is 22.0. The first-order valence-corrected chi connectivity index (χ1v) is 9.11. The maximum absolute atomic E-state index is 13.9. The van der Waals surface area contributed by atoms with Gasteiger partial charge in [0.25, 0.3) is 17.4 Å². The van der Waals surface area contributed by atoms with Crippen LogP contribution in [0.1, 0.15) is 17.3 Å². The molecule has 9 heteroatoms. The van der Waals surface area contributed by atoms with Crippen molar-refractivity contribution in [3.8, 4) is 0 Å². The van der Waals surface area contributed by atoms with Crippen molar-refractivity contribution in [2.75, 3.05) is 4.90 Å². The number of benzene rings is 2. The van der Waals surface area contributed by atoms with Gasteiger partial charge in [-0.2, -0.15) is 0 Å². The molecular weight excluding hydrogens is 405 g/mol. The van der Waals surface area contributed by atoms with Crippen molar-refractivity contribution in [3.63, 3.8) is 0 Å². The second kappa shape index (κ2) is 7.79. The molecule has 2 aromatic carbocycles. The van der Waals surface area contributed by atoms with Gasteiger partial charge in [-0.1, -0.05) is 24.3 Å². The molecule has 1 aliphatic heterocycles. The molecule has 1 atom stereocenters. The number of aliphatic hydroxyl groups is 1. The fourth-order valence-corrected chi connectivity index (χ4v) is 3.46. The van der Waals surface area contributed by atoms with E-state index < -0.39 is 34.2 Å². The number of non-ortho nitro benzene ring substituents is 1. The topological polar surface area (TPSA) is 114 Å². The van der Waals surface area contributed by atoms with Crippen molar-refractivity contribution in [1.29, 1.82) is 0 Å². The number of aromatic nitrogens is 1. The number of rotatable bonds is 4. The number of nitrogens with zero attached hydrogens (tertiary/aromatic N) is 3. The molecular formula is C22H14FN3O5. The highest BCUT2D eigenvalue weighted by Gasteiger charge is 2.47. The van der Waals surface area contributed by atoms with Crippen LogP contribution in [0.15, 0.2) is 78.5 Å². The molecule has 0 bridgehead atoms. The molecule has 1 N–H and O–H groups in total. The zero-order valence-electron chi connectivity index (χ0n) is 15.8. The highest BCUT2D eigenvalue weighted by atomic mass is 19.1. The van der Waals surface area contributed by atoms with E-state index in [2.05, 4.69) is 4.98 Å². The molecule has 0 radical (unpaired) electrons. The Kier molecular flexibility index (Phi) is 5.00. The van der Waals surface area contributed by atoms with Crippen molar-refractivity contribution in [1.82, 2.24) is 4.98 Å². The summed E-state index contributed by atoms with van der Waals surface area (Å²) in [4.78, 5) is 41.5. The summed E-state index contributed by atoms with van der Waals surface area (Å²) in [6.45, 7) is 0. The number of amides is 1. The Hall–Kier alpha value is -4.40. The minimum Gasteiger partial charge on any atom is -0.507 e. The van der Waals surface area contributed by atoms with Crippen LogP contribution >= 0.6 is 0 Å². The first kappa shape index (κ1) is 19.9. The molecule has 1 fully saturated rings. The first-order valence-electron chi connectivity index (χ1n) is 9.11. The van der Waals surface area contributed by atoms with Gasteiger partial charge in [-0.05, 0) is 30.3 Å². The summed E-state index contributed by atoms with van der Waals surface area (Å²) in [6.07, 6.45) is 1.45. The second-order valence-corrected chi connectivity index (χ2v) is 6.71. The van der Waals surface area contributed by atoms with E-state index >= 15 is 0 Å². The largest absolute Gasteiger partial charge is 0.507 e. The zero-order valence-corrected chi connectivity index (χ0v) is 15.8. The number of hydrogen-bond donors (Lipinski definition) is 1. The maximum atomic E-state index is 13.9. The van der Waals surface area contributed by atoms with E-state index in [0.717, 1.165) is 17.0 Å². The number of pyridine rings is 1. The fraction of sp³-hybridized carbons (Fsp3) is 0.0455. The first-order chi connectivity index (χ1) is 14.9. The molecule has 1 amide bonds. The highest BCUT2D eigenvalue weighted by molar-refractivity contribution is 6.51. The van der Waals surface area contributed by atoms with Crippen molar-refractivity contribution in [2.45, 2.75) is 6.04 Å². The summed E-state index contributed by atoms with van der Waals surface area (Å²) < 4.78 is 13.9. The van der Waals surface area contributed by atoms with Crippen LogP contribution in [0.4, 0.5) is 15.8 Å². The lowest BCUT2D eigenvalue weighted by molar-refractivity contribution is -0.384. The molecule has 1 aliphatic rings. The Balaban J connectivity index is 1.95. The van der Waals surface area contributed by atoms with Gasteiger partial charge in [-0.3, -0.25) is 29.6 Å². The standard InChI is InChI=1S/C22H14FN3O5/c23-14-6-4-7-15(12-14)25-19(17-9-1-2-10-24-17)18(21(28)22(25)29)20(27)13-5-3-8-16(11-13)26(30)31/h1-12,19,27H/b20-18-. The van der Waals surface area contributed by atoms with Crippen LogP contribution in [0.5, 0.6) is 0 Å². The lowest BCUT2D eigenvalue weighted by Gasteiger charge is -2.24. The molecule has 0 spiro atoms. The van der Waals surface area contributed by atoms with Crippen LogP contribution in [-0.4, -0.2) is 26.7 Å². The van der Waals surface area contributed by atoms with Gasteiger partial charge in [0.2, 0.25) is 0 Å². The molecule has 4 rings (SSSR count). The summed E-state index contributed by atoms with van der Waals surface area (Å²) >= 11 is 0. The van der Waals surface area contributed by atoms with E-state index in [1.54, 1.807) is 18.2 Å². The third-order valence-electron chi connectivity index (χ3n) is 4.83. The van der Waals surface area contributed by atoms with Crippen LogP contribution in [0.3, 0.4) is 0 Å². The van der Waals surface area contributed by atoms with Crippen molar-refractivity contribution < 1.29 is 24.0 Å². The lowest BCUT2D eigenvalue weighted by atomic mass is 9.98. The van der Waals surface area contributed by atoms with Crippen molar-refractivity contribution in [3.05, 3.63) is 106 Å². The number of carbonyl (C=O) groups is 2. The Morgan fingerprint density at radius 1 is 1.06 bits per heavy atom. The predicted octanol–water partition coefficient (Wildman–Crippen LogP) is 3.76. The third kappa shape index (κ3) is 3.52. The number of nitro groups is 1. The predicted molar refractivity (Wildman–Crippen MR) is 109 cm³/mol. The van der Waals surface area contributed by atoms with Crippen molar-refractivity contribution >= 4 is 28.8 Å². The minimum atomic E-state index is -1.15. The van der Waals surface area contributed by atoms with Gasteiger partial charge in [-0.15, -0.1) is 0 Å². The Bertz CT molecular complexity index is 1240. The molecule has 1 aromatic heterocycles. The zero-order chi connectivity index (χ0) is 22.1. The molecule has 1 unspecified atom stereocenters. The number of nitro benzene ring substituents is 1. The highest BCUT2D eigenvalue weighted by Crippen LogP contribution is 2.41. The Morgan fingerprint density at radius 3 is 2.52 bits per heavy atom. The van der Waals surface area contributed by atoms with Gasteiger partial charge >= 0.3 is 0 Å². The van der Waals surface area contributed by atoms with Gasteiger partial charge in [0, 0.05) is 29.6 Å². The smallest absolute Gasteiger partial charge is 0.300 e. The number of halogens is 1. The molecule has 3 aromatic rings. The van der Waals surface area contributed by atoms with Crippen molar-refractivity contribution in [2.24, 2.45) is 0 Å². The van der Waals surface area contributed by atoms with Crippen LogP contribution in [0.2, 0.25) is 0 Å². The number of aliphatic hydroxyl groups excluding tert-OH is 1. The molecule has 8 nitrogen and oxygen atoms in total. The van der Waals surface area contributed by atoms with Gasteiger partial charge in [0.05, 0.1) is 16.2 Å². The van der Waals surface area contributed by atoms with Crippen LogP contribution in [0, 0.1) is 15.9 Å².